The average molecular weight is 428 g/mol. The summed E-state index contributed by atoms with van der Waals surface area (Å²) in [7, 11) is -2.84. The van der Waals surface area contributed by atoms with Gasteiger partial charge in [-0.05, 0) is 61.1 Å². The number of benzene rings is 2. The van der Waals surface area contributed by atoms with E-state index >= 15 is 0 Å². The molecule has 2 aromatic carbocycles. The van der Waals surface area contributed by atoms with Gasteiger partial charge < -0.3 is 9.64 Å². The molecule has 2 N–H and O–H groups in total. The molecule has 29 heavy (non-hydrogen) atoms. The van der Waals surface area contributed by atoms with Gasteiger partial charge in [0, 0.05) is 18.8 Å². The van der Waals surface area contributed by atoms with Crippen molar-refractivity contribution in [2.45, 2.75) is 30.3 Å². The smallest absolute Gasteiger partial charge is 0.417 e. The van der Waals surface area contributed by atoms with E-state index in [0.29, 0.717) is 24.7 Å². The summed E-state index contributed by atoms with van der Waals surface area (Å²) >= 11 is 0. The van der Waals surface area contributed by atoms with Gasteiger partial charge in [-0.2, -0.15) is 13.2 Å². The van der Waals surface area contributed by atoms with Crippen LogP contribution in [0, 0.1) is 5.92 Å². The Morgan fingerprint density at radius 3 is 2.24 bits per heavy atom. The first-order chi connectivity index (χ1) is 13.6. The third kappa shape index (κ3) is 5.22. The fraction of sp³-hybridized carbons (Fsp3) is 0.400. The summed E-state index contributed by atoms with van der Waals surface area (Å²) in [5.74, 6) is 1.23. The van der Waals surface area contributed by atoms with Crippen LogP contribution >= 0.6 is 0 Å². The monoisotopic (exact) mass is 428 g/mol. The molecule has 158 valence electrons. The summed E-state index contributed by atoms with van der Waals surface area (Å²) < 4.78 is 68.2. The van der Waals surface area contributed by atoms with Crippen molar-refractivity contribution in [2.75, 3.05) is 25.1 Å². The minimum Gasteiger partial charge on any atom is -0.497 e. The maximum absolute atomic E-state index is 13.3. The second kappa shape index (κ2) is 8.23. The Labute approximate surface area is 168 Å². The summed E-state index contributed by atoms with van der Waals surface area (Å²) in [4.78, 5) is 0.954. The number of nitrogens with two attached hydrogens (primary N) is 1. The highest BCUT2D eigenvalue weighted by Crippen LogP contribution is 2.37. The van der Waals surface area contributed by atoms with Crippen LogP contribution in [0.15, 0.2) is 47.4 Å². The van der Waals surface area contributed by atoms with Crippen molar-refractivity contribution in [1.82, 2.24) is 0 Å². The van der Waals surface area contributed by atoms with Gasteiger partial charge in [-0.15, -0.1) is 0 Å². The predicted octanol–water partition coefficient (Wildman–Crippen LogP) is 3.82. The molecule has 0 spiro atoms. The molecule has 0 atom stereocenters. The summed E-state index contributed by atoms with van der Waals surface area (Å²) in [5, 5.41) is 4.94. The Bertz CT molecular complexity index is 952. The molecular weight excluding hydrogens is 405 g/mol. The van der Waals surface area contributed by atoms with Gasteiger partial charge in [0.1, 0.15) is 5.75 Å². The van der Waals surface area contributed by atoms with Crippen LogP contribution in [-0.4, -0.2) is 28.6 Å². The lowest BCUT2D eigenvalue weighted by atomic mass is 9.90. The number of ether oxygens (including phenoxy) is 1. The van der Waals surface area contributed by atoms with E-state index < -0.39 is 26.7 Å². The van der Waals surface area contributed by atoms with Crippen LogP contribution < -0.4 is 14.8 Å². The standard InChI is InChI=1S/C20H23F3N2O3S/c1-28-17-5-2-14(3-6-17)12-15-8-10-25(11-9-15)16-4-7-19(29(24,26)27)18(13-16)20(21,22)23/h2-7,13,15H,8-12H2,1H3,(H2,24,26,27). The molecule has 1 heterocycles. The third-order valence-electron chi connectivity index (χ3n) is 5.24. The molecule has 0 bridgehead atoms. The highest BCUT2D eigenvalue weighted by Gasteiger charge is 2.37. The number of halogens is 3. The molecule has 1 fully saturated rings. The second-order valence-corrected chi connectivity index (χ2v) is 8.74. The zero-order chi connectivity index (χ0) is 21.2. The molecule has 0 saturated carbocycles. The number of piperidine rings is 1. The van der Waals surface area contributed by atoms with Crippen LogP contribution in [0.3, 0.4) is 0 Å². The van der Waals surface area contributed by atoms with E-state index in [2.05, 4.69) is 0 Å². The van der Waals surface area contributed by atoms with Crippen LogP contribution in [-0.2, 0) is 22.6 Å². The van der Waals surface area contributed by atoms with E-state index in [4.69, 9.17) is 9.88 Å². The highest BCUT2D eigenvalue weighted by molar-refractivity contribution is 7.89. The van der Waals surface area contributed by atoms with Crippen molar-refractivity contribution >= 4 is 15.7 Å². The molecule has 1 aliphatic rings. The van der Waals surface area contributed by atoms with Gasteiger partial charge in [-0.1, -0.05) is 12.1 Å². The summed E-state index contributed by atoms with van der Waals surface area (Å²) in [5.41, 5.74) is 0.326. The van der Waals surface area contributed by atoms with Gasteiger partial charge in [-0.3, -0.25) is 0 Å². The van der Waals surface area contributed by atoms with Crippen LogP contribution in [0.5, 0.6) is 5.75 Å². The molecule has 9 heteroatoms. The van der Waals surface area contributed by atoms with Crippen LogP contribution in [0.4, 0.5) is 18.9 Å². The number of nitrogens with zero attached hydrogens (tertiary/aromatic N) is 1. The second-order valence-electron chi connectivity index (χ2n) is 7.21. The number of alkyl halides is 3. The van der Waals surface area contributed by atoms with Crippen molar-refractivity contribution in [1.29, 1.82) is 0 Å². The van der Waals surface area contributed by atoms with Gasteiger partial charge >= 0.3 is 6.18 Å². The molecule has 5 nitrogen and oxygen atoms in total. The topological polar surface area (TPSA) is 72.6 Å². The molecule has 0 radical (unpaired) electrons. The fourth-order valence-electron chi connectivity index (χ4n) is 3.67. The quantitative estimate of drug-likeness (QED) is 0.786. The number of sulfonamides is 1. The molecular formula is C20H23F3N2O3S. The van der Waals surface area contributed by atoms with Crippen molar-refractivity contribution in [3.63, 3.8) is 0 Å². The SMILES string of the molecule is COc1ccc(CC2CCN(c3ccc(S(N)(=O)=O)c(C(F)(F)F)c3)CC2)cc1. The van der Waals surface area contributed by atoms with E-state index in [1.54, 1.807) is 7.11 Å². The van der Waals surface area contributed by atoms with E-state index in [-0.39, 0.29) is 0 Å². The predicted molar refractivity (Wildman–Crippen MR) is 104 cm³/mol. The molecule has 1 saturated heterocycles. The van der Waals surface area contributed by atoms with Gasteiger partial charge in [0.25, 0.3) is 0 Å². The number of hydrogen-bond acceptors (Lipinski definition) is 4. The Morgan fingerprint density at radius 1 is 1.10 bits per heavy atom. The van der Waals surface area contributed by atoms with Gasteiger partial charge in [0.05, 0.1) is 17.6 Å². The number of primary sulfonamides is 1. The Balaban J connectivity index is 1.70. The molecule has 0 aliphatic carbocycles. The lowest BCUT2D eigenvalue weighted by Gasteiger charge is -2.34. The lowest BCUT2D eigenvalue weighted by Crippen LogP contribution is -2.34. The number of hydrogen-bond donors (Lipinski definition) is 1. The fourth-order valence-corrected chi connectivity index (χ4v) is 4.41. The molecule has 0 aromatic heterocycles. The number of methoxy groups -OCH3 is 1. The minimum absolute atomic E-state index is 0.354. The summed E-state index contributed by atoms with van der Waals surface area (Å²) in [6.07, 6.45) is -2.23. The summed E-state index contributed by atoms with van der Waals surface area (Å²) in [6.45, 7) is 1.21. The van der Waals surface area contributed by atoms with E-state index in [1.165, 1.54) is 11.6 Å². The zero-order valence-corrected chi connectivity index (χ0v) is 16.8. The number of rotatable bonds is 5. The lowest BCUT2D eigenvalue weighted by molar-refractivity contribution is -0.139. The van der Waals surface area contributed by atoms with Crippen molar-refractivity contribution in [3.05, 3.63) is 53.6 Å². The van der Waals surface area contributed by atoms with Gasteiger partial charge in [0.2, 0.25) is 10.0 Å². The summed E-state index contributed by atoms with van der Waals surface area (Å²) in [6, 6.07) is 11.1. The van der Waals surface area contributed by atoms with E-state index in [1.807, 2.05) is 29.2 Å². The Kier molecular flexibility index (Phi) is 6.09. The molecule has 0 unspecified atom stereocenters. The normalized spacial score (nSPS) is 16.1. The van der Waals surface area contributed by atoms with E-state index in [9.17, 15) is 21.6 Å². The largest absolute Gasteiger partial charge is 0.497 e. The van der Waals surface area contributed by atoms with Crippen LogP contribution in [0.2, 0.25) is 0 Å². The van der Waals surface area contributed by atoms with Crippen molar-refractivity contribution < 1.29 is 26.3 Å². The molecule has 1 aliphatic heterocycles. The molecule has 2 aromatic rings. The first kappa shape index (κ1) is 21.4. The number of anilines is 1. The average Bonchev–Trinajstić information content (AvgIpc) is 2.67. The van der Waals surface area contributed by atoms with Crippen molar-refractivity contribution in [2.24, 2.45) is 11.1 Å². The zero-order valence-electron chi connectivity index (χ0n) is 15.9. The maximum atomic E-state index is 13.3. The van der Waals surface area contributed by atoms with Crippen molar-refractivity contribution in [3.8, 4) is 5.75 Å². The first-order valence-electron chi connectivity index (χ1n) is 9.20. The Morgan fingerprint density at radius 2 is 1.72 bits per heavy atom. The first-order valence-corrected chi connectivity index (χ1v) is 10.7. The maximum Gasteiger partial charge on any atom is 0.417 e. The molecule has 0 amide bonds. The van der Waals surface area contributed by atoms with Gasteiger partial charge in [0.15, 0.2) is 0 Å². The van der Waals surface area contributed by atoms with Gasteiger partial charge in [-0.25, -0.2) is 13.6 Å². The minimum atomic E-state index is -4.80. The van der Waals surface area contributed by atoms with E-state index in [0.717, 1.165) is 37.1 Å². The molecule has 3 rings (SSSR count). The Hall–Kier alpha value is -2.26. The third-order valence-corrected chi connectivity index (χ3v) is 6.21. The van der Waals surface area contributed by atoms with Crippen LogP contribution in [0.25, 0.3) is 0 Å². The highest BCUT2D eigenvalue weighted by atomic mass is 32.2. The van der Waals surface area contributed by atoms with Crippen LogP contribution in [0.1, 0.15) is 24.0 Å².